The lowest BCUT2D eigenvalue weighted by atomic mass is 10.1. The molecule has 4 aromatic heterocycles. The first-order valence-electron chi connectivity index (χ1n) is 9.33. The maximum absolute atomic E-state index is 14.6. The number of hydrogen-bond acceptors (Lipinski definition) is 5. The zero-order valence-electron chi connectivity index (χ0n) is 16.2. The lowest BCUT2D eigenvalue weighted by molar-refractivity contribution is 0.0596. The summed E-state index contributed by atoms with van der Waals surface area (Å²) in [7, 11) is 1.31. The number of esters is 1. The Morgan fingerprint density at radius 3 is 2.77 bits per heavy atom. The first-order chi connectivity index (χ1) is 15.1. The maximum atomic E-state index is 14.6. The minimum Gasteiger partial charge on any atom is -0.464 e. The Morgan fingerprint density at radius 2 is 1.94 bits per heavy atom. The number of carbonyl (C=O) groups is 1. The third-order valence-corrected chi connectivity index (χ3v) is 5.26. The molecule has 1 aromatic carbocycles. The molecule has 0 amide bonds. The molecule has 0 aliphatic heterocycles. The molecule has 8 heteroatoms. The van der Waals surface area contributed by atoms with Gasteiger partial charge in [-0.25, -0.2) is 24.1 Å². The van der Waals surface area contributed by atoms with Crippen LogP contribution in [0.25, 0.3) is 38.9 Å². The van der Waals surface area contributed by atoms with E-state index in [1.54, 1.807) is 36.7 Å². The summed E-state index contributed by atoms with van der Waals surface area (Å²) in [5, 5.41) is 1.81. The normalized spacial score (nSPS) is 11.2. The fourth-order valence-corrected chi connectivity index (χ4v) is 3.78. The van der Waals surface area contributed by atoms with Crippen LogP contribution in [-0.4, -0.2) is 32.6 Å². The quantitative estimate of drug-likeness (QED) is 0.366. The smallest absolute Gasteiger partial charge is 0.357 e. The largest absolute Gasteiger partial charge is 0.464 e. The lowest BCUT2D eigenvalue weighted by Gasteiger charge is -2.12. The second-order valence-corrected chi connectivity index (χ2v) is 7.23. The Bertz CT molecular complexity index is 1480. The average molecular weight is 433 g/mol. The Kier molecular flexibility index (Phi) is 4.60. The van der Waals surface area contributed by atoms with Crippen molar-refractivity contribution in [3.8, 4) is 16.9 Å². The number of fused-ring (bicyclic) bond motifs is 2. The average Bonchev–Trinajstić information content (AvgIpc) is 3.23. The Labute approximate surface area is 180 Å². The van der Waals surface area contributed by atoms with E-state index >= 15 is 0 Å². The van der Waals surface area contributed by atoms with Crippen LogP contribution >= 0.6 is 11.6 Å². The molecule has 0 atom stereocenters. The number of nitrogens with zero attached hydrogens (tertiary/aromatic N) is 4. The second-order valence-electron chi connectivity index (χ2n) is 6.80. The molecule has 5 rings (SSSR count). The van der Waals surface area contributed by atoms with Crippen LogP contribution in [0.15, 0.2) is 67.1 Å². The summed E-state index contributed by atoms with van der Waals surface area (Å²) in [4.78, 5) is 25.2. The number of ether oxygens (including phenoxy) is 1. The third-order valence-electron chi connectivity index (χ3n) is 5.02. The van der Waals surface area contributed by atoms with Crippen molar-refractivity contribution in [3.63, 3.8) is 0 Å². The van der Waals surface area contributed by atoms with E-state index in [2.05, 4.69) is 15.0 Å². The summed E-state index contributed by atoms with van der Waals surface area (Å²) in [5.74, 6) is -0.959. The van der Waals surface area contributed by atoms with Crippen LogP contribution < -0.4 is 0 Å². The molecule has 0 spiro atoms. The zero-order chi connectivity index (χ0) is 21.5. The molecule has 0 saturated carbocycles. The summed E-state index contributed by atoms with van der Waals surface area (Å²) in [6, 6.07) is 13.4. The number of methoxy groups -OCH3 is 1. The van der Waals surface area contributed by atoms with E-state index in [1.165, 1.54) is 25.3 Å². The highest BCUT2D eigenvalue weighted by Gasteiger charge is 2.18. The van der Waals surface area contributed by atoms with Crippen LogP contribution in [0, 0.1) is 5.82 Å². The Morgan fingerprint density at radius 1 is 1.06 bits per heavy atom. The van der Waals surface area contributed by atoms with Crippen molar-refractivity contribution in [1.82, 2.24) is 19.5 Å². The third kappa shape index (κ3) is 3.19. The molecule has 0 radical (unpaired) electrons. The van der Waals surface area contributed by atoms with Gasteiger partial charge >= 0.3 is 5.97 Å². The summed E-state index contributed by atoms with van der Waals surface area (Å²) < 4.78 is 21.3. The molecule has 0 aliphatic rings. The van der Waals surface area contributed by atoms with Crippen molar-refractivity contribution in [1.29, 1.82) is 0 Å². The van der Waals surface area contributed by atoms with E-state index in [0.717, 1.165) is 16.6 Å². The van der Waals surface area contributed by atoms with Crippen LogP contribution in [0.5, 0.6) is 0 Å². The van der Waals surface area contributed by atoms with Gasteiger partial charge in [-0.05, 0) is 48.5 Å². The summed E-state index contributed by atoms with van der Waals surface area (Å²) >= 11 is 6.10. The van der Waals surface area contributed by atoms with Crippen LogP contribution in [0.2, 0.25) is 5.02 Å². The second kappa shape index (κ2) is 7.45. The van der Waals surface area contributed by atoms with Gasteiger partial charge in [0.1, 0.15) is 5.82 Å². The van der Waals surface area contributed by atoms with Gasteiger partial charge in [-0.2, -0.15) is 0 Å². The molecule has 6 nitrogen and oxygen atoms in total. The number of rotatable bonds is 3. The highest BCUT2D eigenvalue weighted by molar-refractivity contribution is 6.30. The van der Waals surface area contributed by atoms with Crippen molar-refractivity contribution in [2.45, 2.75) is 0 Å². The number of pyridine rings is 3. The fourth-order valence-electron chi connectivity index (χ4n) is 3.61. The first kappa shape index (κ1) is 19.1. The van der Waals surface area contributed by atoms with Crippen LogP contribution in [0.4, 0.5) is 4.39 Å². The van der Waals surface area contributed by atoms with Crippen LogP contribution in [-0.2, 0) is 4.74 Å². The maximum Gasteiger partial charge on any atom is 0.357 e. The van der Waals surface area contributed by atoms with Crippen molar-refractivity contribution in [2.75, 3.05) is 7.11 Å². The molecule has 0 aliphatic carbocycles. The van der Waals surface area contributed by atoms with E-state index < -0.39 is 11.8 Å². The molecule has 0 saturated heterocycles. The van der Waals surface area contributed by atoms with Gasteiger partial charge in [-0.1, -0.05) is 11.6 Å². The van der Waals surface area contributed by atoms with Crippen molar-refractivity contribution >= 4 is 39.5 Å². The van der Waals surface area contributed by atoms with Gasteiger partial charge in [0.2, 0.25) is 0 Å². The van der Waals surface area contributed by atoms with Crippen LogP contribution in [0.1, 0.15) is 10.5 Å². The predicted octanol–water partition coefficient (Wildman–Crippen LogP) is 5.21. The van der Waals surface area contributed by atoms with E-state index in [1.807, 2.05) is 16.8 Å². The van der Waals surface area contributed by atoms with Gasteiger partial charge < -0.3 is 9.30 Å². The van der Waals surface area contributed by atoms with Gasteiger partial charge in [-0.3, -0.25) is 0 Å². The number of hydrogen-bond donors (Lipinski definition) is 0. The van der Waals surface area contributed by atoms with E-state index in [0.29, 0.717) is 21.7 Å². The molecule has 0 N–H and O–H groups in total. The van der Waals surface area contributed by atoms with Gasteiger partial charge in [-0.15, -0.1) is 0 Å². The molecule has 152 valence electrons. The fraction of sp³-hybridized carbons (Fsp3) is 0.0435. The minimum atomic E-state index is -0.522. The molecule has 0 bridgehead atoms. The molecule has 0 unspecified atom stereocenters. The summed E-state index contributed by atoms with van der Waals surface area (Å²) in [6.07, 6.45) is 4.99. The summed E-state index contributed by atoms with van der Waals surface area (Å²) in [5.41, 5.74) is 2.81. The molecular formula is C23H14ClFN4O2. The SMILES string of the molecule is COC(=O)c1nccc2c1ccn2-c1cc(-c2cc(Cl)ccc2F)nc2ncccc12. The number of benzene rings is 1. The van der Waals surface area contributed by atoms with Crippen molar-refractivity contribution in [2.24, 2.45) is 0 Å². The minimum absolute atomic E-state index is 0.219. The van der Waals surface area contributed by atoms with E-state index in [-0.39, 0.29) is 11.3 Å². The van der Waals surface area contributed by atoms with Crippen molar-refractivity contribution in [3.05, 3.63) is 83.7 Å². The Balaban J connectivity index is 1.81. The number of halogens is 2. The standard InChI is InChI=1S/C23H14ClFN4O2/c1-31-23(30)21-14-7-10-29(19(14)6-9-26-21)20-12-18(16-11-13(24)4-5-17(16)25)28-22-15(20)3-2-8-27-22/h2-12H,1H3. The van der Waals surface area contributed by atoms with Gasteiger partial charge in [0, 0.05) is 39.9 Å². The topological polar surface area (TPSA) is 69.9 Å². The predicted molar refractivity (Wildman–Crippen MR) is 116 cm³/mol. The summed E-state index contributed by atoms with van der Waals surface area (Å²) in [6.45, 7) is 0. The van der Waals surface area contributed by atoms with E-state index in [4.69, 9.17) is 16.3 Å². The van der Waals surface area contributed by atoms with Crippen LogP contribution in [0.3, 0.4) is 0 Å². The molecule has 5 aromatic rings. The number of carbonyl (C=O) groups excluding carboxylic acids is 1. The van der Waals surface area contributed by atoms with E-state index in [9.17, 15) is 9.18 Å². The van der Waals surface area contributed by atoms with Gasteiger partial charge in [0.25, 0.3) is 0 Å². The van der Waals surface area contributed by atoms with Gasteiger partial charge in [0.15, 0.2) is 11.3 Å². The highest BCUT2D eigenvalue weighted by Crippen LogP contribution is 2.32. The molecule has 4 heterocycles. The number of aromatic nitrogens is 4. The van der Waals surface area contributed by atoms with Crippen molar-refractivity contribution < 1.29 is 13.9 Å². The molecular weight excluding hydrogens is 419 g/mol. The molecule has 31 heavy (non-hydrogen) atoms. The molecule has 0 fully saturated rings. The lowest BCUT2D eigenvalue weighted by Crippen LogP contribution is -2.05. The first-order valence-corrected chi connectivity index (χ1v) is 9.70. The Hall–Kier alpha value is -3.84. The van der Waals surface area contributed by atoms with Gasteiger partial charge in [0.05, 0.1) is 24.0 Å². The monoisotopic (exact) mass is 432 g/mol. The highest BCUT2D eigenvalue weighted by atomic mass is 35.5. The zero-order valence-corrected chi connectivity index (χ0v) is 17.0.